The summed E-state index contributed by atoms with van der Waals surface area (Å²) in [4.78, 5) is 9.20. The molecule has 0 bridgehead atoms. The van der Waals surface area contributed by atoms with E-state index in [0.717, 1.165) is 33.4 Å². The Balaban J connectivity index is 1.28. The average molecular weight is 571 g/mol. The van der Waals surface area contributed by atoms with Gasteiger partial charge in [-0.25, -0.2) is 4.98 Å². The van der Waals surface area contributed by atoms with Crippen LogP contribution in [0.3, 0.4) is 0 Å². The van der Waals surface area contributed by atoms with Crippen molar-refractivity contribution in [2.45, 2.75) is 0 Å². The van der Waals surface area contributed by atoms with Crippen LogP contribution in [0.1, 0.15) is 0 Å². The molecular formula is C38H23ClN4. The largest absolute Gasteiger partial charge is 0.309 e. The number of para-hydroxylation sites is 4. The predicted molar refractivity (Wildman–Crippen MR) is 179 cm³/mol. The summed E-state index contributed by atoms with van der Waals surface area (Å²) in [5.74, 6) is 0.782. The maximum Gasteiger partial charge on any atom is 0.224 e. The molecule has 202 valence electrons. The van der Waals surface area contributed by atoms with E-state index in [-0.39, 0.29) is 5.28 Å². The summed E-state index contributed by atoms with van der Waals surface area (Å²) in [7, 11) is 0. The number of benzene rings is 6. The van der Waals surface area contributed by atoms with Gasteiger partial charge in [0.1, 0.15) is 0 Å². The van der Waals surface area contributed by atoms with Gasteiger partial charge >= 0.3 is 0 Å². The SMILES string of the molecule is Clc1nc(-n2c3ccccc3c3cc(-c4ccc5c(c4)c4ccccc4n5-c4ccccc4)ccc32)c2ccccc2n1. The molecule has 0 atom stereocenters. The summed E-state index contributed by atoms with van der Waals surface area (Å²) in [5, 5.41) is 6.01. The van der Waals surface area contributed by atoms with Gasteiger partial charge in [-0.3, -0.25) is 4.57 Å². The number of hydrogen-bond donors (Lipinski definition) is 0. The van der Waals surface area contributed by atoms with Crippen LogP contribution in [-0.2, 0) is 0 Å². The lowest BCUT2D eigenvalue weighted by Crippen LogP contribution is -2.00. The minimum atomic E-state index is 0.235. The molecule has 0 saturated heterocycles. The van der Waals surface area contributed by atoms with Crippen molar-refractivity contribution in [2.75, 3.05) is 0 Å². The third kappa shape index (κ3) is 3.64. The Morgan fingerprint density at radius 1 is 0.419 bits per heavy atom. The molecular weight excluding hydrogens is 548 g/mol. The molecule has 9 rings (SSSR count). The summed E-state index contributed by atoms with van der Waals surface area (Å²) < 4.78 is 4.56. The second-order valence-corrected chi connectivity index (χ2v) is 11.2. The highest BCUT2D eigenvalue weighted by molar-refractivity contribution is 6.28. The Bertz CT molecular complexity index is 2520. The Labute approximate surface area is 252 Å². The first-order chi connectivity index (χ1) is 21.2. The van der Waals surface area contributed by atoms with Crippen LogP contribution in [0.5, 0.6) is 0 Å². The second kappa shape index (κ2) is 9.28. The van der Waals surface area contributed by atoms with Crippen LogP contribution in [0.4, 0.5) is 0 Å². The summed E-state index contributed by atoms with van der Waals surface area (Å²) in [5.41, 5.74) is 8.88. The molecule has 43 heavy (non-hydrogen) atoms. The normalized spacial score (nSPS) is 11.8. The number of rotatable bonds is 3. The van der Waals surface area contributed by atoms with E-state index in [9.17, 15) is 0 Å². The van der Waals surface area contributed by atoms with Gasteiger partial charge < -0.3 is 4.57 Å². The maximum absolute atomic E-state index is 6.44. The first-order valence-electron chi connectivity index (χ1n) is 14.3. The van der Waals surface area contributed by atoms with E-state index in [1.807, 2.05) is 18.2 Å². The Kier molecular flexibility index (Phi) is 5.22. The third-order valence-corrected chi connectivity index (χ3v) is 8.63. The van der Waals surface area contributed by atoms with Gasteiger partial charge in [0, 0.05) is 32.6 Å². The minimum Gasteiger partial charge on any atom is -0.309 e. The van der Waals surface area contributed by atoms with Crippen LogP contribution in [-0.4, -0.2) is 19.1 Å². The first kappa shape index (κ1) is 24.2. The van der Waals surface area contributed by atoms with Crippen molar-refractivity contribution < 1.29 is 0 Å². The highest BCUT2D eigenvalue weighted by atomic mass is 35.5. The third-order valence-electron chi connectivity index (χ3n) is 8.46. The fraction of sp³-hybridized carbons (Fsp3) is 0. The van der Waals surface area contributed by atoms with Gasteiger partial charge in [-0.1, -0.05) is 78.9 Å². The Morgan fingerprint density at radius 3 is 1.60 bits per heavy atom. The molecule has 0 saturated carbocycles. The number of aromatic nitrogens is 4. The molecule has 5 heteroatoms. The van der Waals surface area contributed by atoms with Crippen LogP contribution in [0.15, 0.2) is 140 Å². The van der Waals surface area contributed by atoms with Gasteiger partial charge in [-0.05, 0) is 83.4 Å². The van der Waals surface area contributed by atoms with Crippen molar-refractivity contribution in [3.05, 3.63) is 145 Å². The van der Waals surface area contributed by atoms with Crippen molar-refractivity contribution >= 4 is 66.1 Å². The second-order valence-electron chi connectivity index (χ2n) is 10.8. The topological polar surface area (TPSA) is 35.6 Å². The lowest BCUT2D eigenvalue weighted by molar-refractivity contribution is 1.07. The lowest BCUT2D eigenvalue weighted by atomic mass is 10.0. The van der Waals surface area contributed by atoms with Gasteiger partial charge in [-0.15, -0.1) is 0 Å². The summed E-state index contributed by atoms with van der Waals surface area (Å²) >= 11 is 6.44. The zero-order valence-electron chi connectivity index (χ0n) is 22.9. The fourth-order valence-corrected chi connectivity index (χ4v) is 6.76. The van der Waals surface area contributed by atoms with Crippen molar-refractivity contribution in [1.82, 2.24) is 19.1 Å². The van der Waals surface area contributed by atoms with E-state index < -0.39 is 0 Å². The predicted octanol–water partition coefficient (Wildman–Crippen LogP) is 10.1. The molecule has 0 unspecified atom stereocenters. The number of fused-ring (bicyclic) bond motifs is 7. The standard InChI is InChI=1S/C38H23ClN4/c39-38-40-32-15-7-4-14-29(32)37(41-38)43-34-17-9-6-13-28(34)31-23-25(19-21-36(31)43)24-18-20-35-30(22-24)27-12-5-8-16-33(27)42(35)26-10-2-1-3-11-26/h1-23H. The summed E-state index contributed by atoms with van der Waals surface area (Å²) in [6.45, 7) is 0. The maximum atomic E-state index is 6.44. The first-order valence-corrected chi connectivity index (χ1v) is 14.7. The lowest BCUT2D eigenvalue weighted by Gasteiger charge is -2.11. The van der Waals surface area contributed by atoms with E-state index in [2.05, 4.69) is 135 Å². The molecule has 0 N–H and O–H groups in total. The van der Waals surface area contributed by atoms with Gasteiger partial charge in [0.2, 0.25) is 5.28 Å². The molecule has 0 aliphatic rings. The van der Waals surface area contributed by atoms with E-state index in [1.165, 1.54) is 43.7 Å². The molecule has 0 radical (unpaired) electrons. The van der Waals surface area contributed by atoms with E-state index in [4.69, 9.17) is 16.6 Å². The number of halogens is 1. The van der Waals surface area contributed by atoms with Gasteiger partial charge in [0.05, 0.1) is 27.6 Å². The van der Waals surface area contributed by atoms with E-state index >= 15 is 0 Å². The minimum absolute atomic E-state index is 0.235. The van der Waals surface area contributed by atoms with Crippen LogP contribution in [0.2, 0.25) is 5.28 Å². The summed E-state index contributed by atoms with van der Waals surface area (Å²) in [6.07, 6.45) is 0. The van der Waals surface area contributed by atoms with Crippen molar-refractivity contribution in [3.63, 3.8) is 0 Å². The fourth-order valence-electron chi connectivity index (χ4n) is 6.59. The van der Waals surface area contributed by atoms with E-state index in [1.54, 1.807) is 0 Å². The van der Waals surface area contributed by atoms with Crippen molar-refractivity contribution in [1.29, 1.82) is 0 Å². The van der Waals surface area contributed by atoms with Gasteiger partial charge in [0.15, 0.2) is 5.82 Å². The van der Waals surface area contributed by atoms with Gasteiger partial charge in [-0.2, -0.15) is 4.98 Å². The van der Waals surface area contributed by atoms with E-state index in [0.29, 0.717) is 0 Å². The zero-order valence-corrected chi connectivity index (χ0v) is 23.7. The molecule has 4 nitrogen and oxygen atoms in total. The molecule has 9 aromatic rings. The molecule has 0 fully saturated rings. The molecule has 0 aliphatic carbocycles. The highest BCUT2D eigenvalue weighted by Gasteiger charge is 2.18. The van der Waals surface area contributed by atoms with Crippen molar-refractivity contribution in [3.8, 4) is 22.6 Å². The number of hydrogen-bond acceptors (Lipinski definition) is 2. The highest BCUT2D eigenvalue weighted by Crippen LogP contribution is 2.38. The smallest absolute Gasteiger partial charge is 0.224 e. The van der Waals surface area contributed by atoms with Crippen LogP contribution in [0.25, 0.3) is 77.1 Å². The van der Waals surface area contributed by atoms with Crippen LogP contribution in [0, 0.1) is 0 Å². The molecule has 0 spiro atoms. The van der Waals surface area contributed by atoms with Crippen LogP contribution < -0.4 is 0 Å². The average Bonchev–Trinajstić information content (AvgIpc) is 3.57. The molecule has 3 heterocycles. The summed E-state index contributed by atoms with van der Waals surface area (Å²) in [6, 6.07) is 49.2. The monoisotopic (exact) mass is 570 g/mol. The Hall–Kier alpha value is -5.45. The van der Waals surface area contributed by atoms with Gasteiger partial charge in [0.25, 0.3) is 0 Å². The molecule has 3 aromatic heterocycles. The molecule has 0 aliphatic heterocycles. The number of nitrogens with zero attached hydrogens (tertiary/aromatic N) is 4. The Morgan fingerprint density at radius 2 is 0.930 bits per heavy atom. The quantitative estimate of drug-likeness (QED) is 0.198. The van der Waals surface area contributed by atoms with Crippen LogP contribution >= 0.6 is 11.6 Å². The molecule has 6 aromatic carbocycles. The van der Waals surface area contributed by atoms with Crippen molar-refractivity contribution in [2.24, 2.45) is 0 Å². The zero-order chi connectivity index (χ0) is 28.5. The molecule has 0 amide bonds.